The van der Waals surface area contributed by atoms with Crippen molar-refractivity contribution in [3.63, 3.8) is 0 Å². The summed E-state index contributed by atoms with van der Waals surface area (Å²) >= 11 is 5.46. The molecular weight excluding hydrogens is 1390 g/mol. The number of carbonyl (C=O) groups is 13. The van der Waals surface area contributed by atoms with Gasteiger partial charge in [-0.25, -0.2) is 19.4 Å². The number of halogens is 1. The molecule has 2 saturated heterocycles. The Labute approximate surface area is 622 Å². The number of benzene rings is 2. The molecule has 31 nitrogen and oxygen atoms in total. The highest BCUT2D eigenvalue weighted by Crippen LogP contribution is 2.39. The van der Waals surface area contributed by atoms with Gasteiger partial charge < -0.3 is 65.8 Å². The number of Topliss-reactive ketones (excluding diaryl/α,β-unsaturated/α-hetero) is 2. The van der Waals surface area contributed by atoms with E-state index in [1.165, 1.54) is 70.9 Å². The van der Waals surface area contributed by atoms with E-state index >= 15 is 9.59 Å². The molecule has 106 heavy (non-hydrogen) atoms. The van der Waals surface area contributed by atoms with Gasteiger partial charge in [0, 0.05) is 69.3 Å². The number of alkyl halides is 1. The van der Waals surface area contributed by atoms with Crippen LogP contribution < -0.4 is 37.7 Å². The quantitative estimate of drug-likeness (QED) is 0.0338. The summed E-state index contributed by atoms with van der Waals surface area (Å²) in [6.45, 7) is 20.6. The molecule has 5 fully saturated rings. The number of aryl methyl sites for hydroxylation is 1. The molecule has 3 saturated carbocycles. The highest BCUT2D eigenvalue weighted by atomic mass is 35.5. The third-order valence-corrected chi connectivity index (χ3v) is 21.5. The number of cyclic esters (lactones) is 2. The maximum absolute atomic E-state index is 15.2. The number of nitrogens with one attached hydrogen (secondary N) is 5. The van der Waals surface area contributed by atoms with Crippen LogP contribution in [-0.4, -0.2) is 215 Å². The van der Waals surface area contributed by atoms with Gasteiger partial charge in [-0.15, -0.1) is 16.5 Å². The number of anilines is 1. The molecular formula is C74H106ClN13O18. The van der Waals surface area contributed by atoms with Crippen molar-refractivity contribution in [3.8, 4) is 11.5 Å². The summed E-state index contributed by atoms with van der Waals surface area (Å²) in [5, 5.41) is 17.1. The van der Waals surface area contributed by atoms with E-state index in [0.29, 0.717) is 44.1 Å². The zero-order valence-electron chi connectivity index (χ0n) is 63.9. The number of amides is 10. The number of hydrogen-bond donors (Lipinski definition) is 6. The van der Waals surface area contributed by atoms with E-state index in [4.69, 9.17) is 36.2 Å². The number of nitroso groups, excluding NO2 is 1. The maximum atomic E-state index is 15.2. The van der Waals surface area contributed by atoms with Crippen LogP contribution in [0.15, 0.2) is 26.6 Å². The molecule has 582 valence electrons. The molecule has 0 spiro atoms. The maximum Gasteiger partial charge on any atom is 0.340 e. The Morgan fingerprint density at radius 3 is 1.50 bits per heavy atom. The highest BCUT2D eigenvalue weighted by molar-refractivity contribution is 6.18. The number of esters is 2. The molecule has 8 rings (SSSR count). The van der Waals surface area contributed by atoms with Crippen LogP contribution in [0.4, 0.5) is 10.5 Å². The Bertz CT molecular complexity index is 3890. The molecule has 1 aromatic rings. The number of urea groups is 1. The monoisotopic (exact) mass is 1500 g/mol. The van der Waals surface area contributed by atoms with Crippen LogP contribution >= 0.6 is 11.6 Å². The number of fused-ring (bicyclic) bond motifs is 4. The number of carbonyl (C=O) groups excluding carboxylic acids is 13. The SMILES string of the molecule is CC1CCC(NC(=O)N(CCCl)N=O)CC1.Cc1c2oc3c(C)ccc(C(=O)NC4C(=O)NC(C(C)C)C(=O)C5CCCC5C(=O)N(C)CC(=O)N(C)C(C(C)C)C(=O)OC4C)c3nc-2c(C(=O)NC2C(=O)NC(C(C)C)C(=O)C3CCCC3C(=O)N(C)CC(=O)N(C)C(C(C)C)C(=O)OC2C)c(N)c1=O. The summed E-state index contributed by atoms with van der Waals surface area (Å²) in [6.07, 6.45) is 3.53. The molecule has 3 aliphatic heterocycles. The number of hydrogen-bond acceptors (Lipinski definition) is 21. The lowest BCUT2D eigenvalue weighted by atomic mass is 9.83. The first-order valence-corrected chi connectivity index (χ1v) is 37.2. The largest absolute Gasteiger partial charge is 0.458 e. The molecule has 1 aromatic carbocycles. The topological polar surface area (TPSA) is 415 Å². The van der Waals surface area contributed by atoms with Crippen LogP contribution in [0.2, 0.25) is 0 Å². The molecule has 12 unspecified atom stereocenters. The second kappa shape index (κ2) is 36.0. The standard InChI is InChI=1S/C64H88N10O16.C10H18ClN3O2/c1-27(2)44-53(78)35-19-17-21-37(35)61(84)71(13)25-40(75)73(15)50(29(5)6)63(86)88-33(11)46(59(82)67-44)69-57(80)39-24-23-31(9)55-48(39)66-49-42(43(65)52(77)32(10)56(49)90-55)58(81)70-47-34(12)89-64(87)51(30(7)8)74(16)41(76)26-72(14)62(85)38-22-18-20-36(38)54(79)45(28(3)4)68-60(47)83;1-8-2-4-9(5-3-8)12-10(15)14(13-16)7-6-11/h23-24,27-30,33-38,44-47,50-51H,17-22,25-26,65H2,1-16H3,(H,67,82)(H,68,83)(H,69,80)(H,70,81);8-9H,2-7H2,1H3,(H,12,15). The number of nitrogens with two attached hydrogens (primary N) is 1. The van der Waals surface area contributed by atoms with E-state index in [9.17, 15) is 62.4 Å². The number of nitrogen functional groups attached to an aromatic ring is 1. The normalized spacial score (nSPS) is 27.4. The van der Waals surface area contributed by atoms with Crippen LogP contribution in [0.1, 0.15) is 172 Å². The highest BCUT2D eigenvalue weighted by Gasteiger charge is 2.48. The van der Waals surface area contributed by atoms with Gasteiger partial charge in [-0.05, 0) is 120 Å². The van der Waals surface area contributed by atoms with Gasteiger partial charge in [-0.3, -0.25) is 52.7 Å². The van der Waals surface area contributed by atoms with Crippen LogP contribution in [-0.2, 0) is 57.4 Å². The van der Waals surface area contributed by atoms with Gasteiger partial charge in [-0.2, -0.15) is 5.01 Å². The van der Waals surface area contributed by atoms with E-state index in [1.807, 2.05) is 0 Å². The zero-order valence-corrected chi connectivity index (χ0v) is 64.6. The van der Waals surface area contributed by atoms with Crippen LogP contribution in [0, 0.1) is 72.0 Å². The number of rotatable bonds is 12. The lowest BCUT2D eigenvalue weighted by molar-refractivity contribution is -0.163. The molecule has 0 aromatic heterocycles. The van der Waals surface area contributed by atoms with Gasteiger partial charge in [0.1, 0.15) is 47.6 Å². The first kappa shape index (κ1) is 84.1. The van der Waals surface area contributed by atoms with Gasteiger partial charge in [0.05, 0.1) is 53.8 Å². The van der Waals surface area contributed by atoms with Crippen LogP contribution in [0.3, 0.4) is 0 Å². The lowest BCUT2D eigenvalue weighted by Crippen LogP contribution is -2.59. The second-order valence-electron chi connectivity index (χ2n) is 30.6. The van der Waals surface area contributed by atoms with Gasteiger partial charge >= 0.3 is 18.0 Å². The van der Waals surface area contributed by atoms with Crippen molar-refractivity contribution < 1.29 is 76.2 Å². The number of ether oxygens (including phenoxy) is 2. The van der Waals surface area contributed by atoms with Crippen molar-refractivity contribution in [3.05, 3.63) is 49.5 Å². The first-order chi connectivity index (χ1) is 49.8. The Morgan fingerprint density at radius 1 is 0.632 bits per heavy atom. The molecule has 3 heterocycles. The molecule has 7 N–H and O–H groups in total. The number of likely N-dealkylation sites (N-methyl/N-ethyl adjacent to an activating group) is 4. The molecule has 32 heteroatoms. The lowest BCUT2D eigenvalue weighted by Gasteiger charge is -2.35. The third-order valence-electron chi connectivity index (χ3n) is 21.3. The van der Waals surface area contributed by atoms with Gasteiger partial charge in [-0.1, -0.05) is 81.2 Å². The van der Waals surface area contributed by atoms with Crippen molar-refractivity contribution in [2.75, 3.05) is 59.4 Å². The molecule has 7 aliphatic rings. The number of nitrogens with zero attached hydrogens (tertiary/aromatic N) is 7. The van der Waals surface area contributed by atoms with Crippen molar-refractivity contribution in [1.82, 2.24) is 56.2 Å². The Hall–Kier alpha value is -9.16. The summed E-state index contributed by atoms with van der Waals surface area (Å²) in [6, 6.07) is -5.98. The molecule has 0 radical (unpaired) electrons. The minimum Gasteiger partial charge on any atom is -0.458 e. The second-order valence-corrected chi connectivity index (χ2v) is 30.9. The fourth-order valence-electron chi connectivity index (χ4n) is 15.1. The van der Waals surface area contributed by atoms with E-state index in [1.54, 1.807) is 62.3 Å². The minimum absolute atomic E-state index is 0.0668. The first-order valence-electron chi connectivity index (χ1n) is 36.6. The van der Waals surface area contributed by atoms with Crippen LogP contribution in [0.25, 0.3) is 22.6 Å². The minimum atomic E-state index is -1.86. The van der Waals surface area contributed by atoms with Crippen molar-refractivity contribution >= 4 is 105 Å². The number of aromatic nitrogens is 1. The van der Waals surface area contributed by atoms with Crippen molar-refractivity contribution in [2.24, 2.45) is 58.5 Å². The van der Waals surface area contributed by atoms with E-state index in [2.05, 4.69) is 38.8 Å². The van der Waals surface area contributed by atoms with Gasteiger partial charge in [0.15, 0.2) is 22.9 Å². The van der Waals surface area contributed by atoms with Gasteiger partial charge in [0.2, 0.25) is 40.9 Å². The fourth-order valence-corrected chi connectivity index (χ4v) is 15.2. The summed E-state index contributed by atoms with van der Waals surface area (Å²) in [4.78, 5) is 219. The molecule has 10 amide bonds. The zero-order chi connectivity index (χ0) is 78.9. The average Bonchev–Trinajstić information content (AvgIpc) is 0.998. The molecule has 12 atom stereocenters. The summed E-state index contributed by atoms with van der Waals surface area (Å²) < 4.78 is 18.3. The predicted octanol–water partition coefficient (Wildman–Crippen LogP) is 5.21. The number of ketones is 2. The summed E-state index contributed by atoms with van der Waals surface area (Å²) in [7, 11) is 5.66. The third kappa shape index (κ3) is 18.8. The molecule has 0 bridgehead atoms. The summed E-state index contributed by atoms with van der Waals surface area (Å²) in [5.74, 6) is -13.9. The van der Waals surface area contributed by atoms with Crippen molar-refractivity contribution in [2.45, 2.75) is 209 Å². The van der Waals surface area contributed by atoms with Crippen molar-refractivity contribution in [1.29, 1.82) is 0 Å². The van der Waals surface area contributed by atoms with E-state index in [0.717, 1.165) is 46.4 Å². The summed E-state index contributed by atoms with van der Waals surface area (Å²) in [5.41, 5.74) is 3.67. The fraction of sp³-hybridized carbons (Fsp3) is 0.662. The van der Waals surface area contributed by atoms with Crippen LogP contribution in [0.5, 0.6) is 0 Å². The van der Waals surface area contributed by atoms with E-state index in [-0.39, 0.29) is 52.1 Å². The Kier molecular flexibility index (Phi) is 28.5. The predicted molar refractivity (Wildman–Crippen MR) is 391 cm³/mol. The van der Waals surface area contributed by atoms with E-state index < -0.39 is 202 Å². The smallest absolute Gasteiger partial charge is 0.340 e. The average molecular weight is 1500 g/mol. The Morgan fingerprint density at radius 2 is 1.08 bits per heavy atom. The van der Waals surface area contributed by atoms with Gasteiger partial charge in [0.25, 0.3) is 11.8 Å². The molecule has 4 aliphatic carbocycles. The Balaban J connectivity index is 0.000000865.